The molecule has 1 spiro atoms. The van der Waals surface area contributed by atoms with Gasteiger partial charge < -0.3 is 15.7 Å². The summed E-state index contributed by atoms with van der Waals surface area (Å²) >= 11 is 0. The van der Waals surface area contributed by atoms with Gasteiger partial charge in [-0.05, 0) is 19.8 Å². The van der Waals surface area contributed by atoms with E-state index in [1.807, 2.05) is 9.80 Å². The summed E-state index contributed by atoms with van der Waals surface area (Å²) in [4.78, 5) is 27.1. The Hall–Kier alpha value is -1.40. The number of nitrogens with zero attached hydrogens (tertiary/aromatic N) is 2. The molecule has 0 aromatic heterocycles. The van der Waals surface area contributed by atoms with E-state index in [2.05, 4.69) is 6.58 Å². The van der Waals surface area contributed by atoms with Crippen LogP contribution in [-0.2, 0) is 9.59 Å². The van der Waals surface area contributed by atoms with Gasteiger partial charge in [-0.15, -0.1) is 6.58 Å². The van der Waals surface area contributed by atoms with E-state index in [0.717, 1.165) is 19.4 Å². The number of amides is 2. The Bertz CT molecular complexity index is 437. The predicted molar refractivity (Wildman–Crippen MR) is 74.7 cm³/mol. The minimum absolute atomic E-state index is 0.0432. The third-order valence-electron chi connectivity index (χ3n) is 4.60. The summed E-state index contributed by atoms with van der Waals surface area (Å²) in [6.07, 6.45) is 2.75. The molecular formula is C14H23N3O3. The number of nitrogens with two attached hydrogens (primary N) is 1. The number of primary amides is 1. The molecule has 0 aromatic rings. The van der Waals surface area contributed by atoms with Gasteiger partial charge in [0.05, 0.1) is 17.7 Å². The minimum Gasteiger partial charge on any atom is -0.391 e. The number of aliphatic hydroxyl groups excluding tert-OH is 1. The van der Waals surface area contributed by atoms with Crippen LogP contribution in [0.25, 0.3) is 0 Å². The third kappa shape index (κ3) is 2.03. The third-order valence-corrected chi connectivity index (χ3v) is 4.60. The number of carbonyl (C=O) groups excluding carboxylic acids is 2. The lowest BCUT2D eigenvalue weighted by molar-refractivity contribution is -0.157. The van der Waals surface area contributed by atoms with Crippen LogP contribution in [0.5, 0.6) is 0 Å². The summed E-state index contributed by atoms with van der Waals surface area (Å²) < 4.78 is 0. The molecule has 4 atom stereocenters. The largest absolute Gasteiger partial charge is 0.391 e. The Kier molecular flexibility index (Phi) is 3.88. The fraction of sp³-hybridized carbons (Fsp3) is 0.714. The van der Waals surface area contributed by atoms with E-state index in [0.29, 0.717) is 6.54 Å². The monoisotopic (exact) mass is 281 g/mol. The molecule has 3 N–H and O–H groups in total. The van der Waals surface area contributed by atoms with E-state index < -0.39 is 18.1 Å². The van der Waals surface area contributed by atoms with Gasteiger partial charge >= 0.3 is 0 Å². The fourth-order valence-corrected chi connectivity index (χ4v) is 3.85. The molecule has 2 heterocycles. The molecule has 20 heavy (non-hydrogen) atoms. The van der Waals surface area contributed by atoms with Gasteiger partial charge in [0.25, 0.3) is 0 Å². The quantitative estimate of drug-likeness (QED) is 0.678. The lowest BCUT2D eigenvalue weighted by Crippen LogP contribution is -2.78. The van der Waals surface area contributed by atoms with Gasteiger partial charge in [0.2, 0.25) is 11.8 Å². The first-order chi connectivity index (χ1) is 9.35. The van der Waals surface area contributed by atoms with Crippen molar-refractivity contribution in [2.24, 2.45) is 5.73 Å². The second kappa shape index (κ2) is 5.18. The first-order valence-electron chi connectivity index (χ1n) is 6.99. The van der Waals surface area contributed by atoms with Crippen LogP contribution < -0.4 is 5.73 Å². The Morgan fingerprint density at radius 1 is 1.55 bits per heavy atom. The summed E-state index contributed by atoms with van der Waals surface area (Å²) in [5, 5.41) is 9.78. The van der Waals surface area contributed by atoms with E-state index in [1.54, 1.807) is 19.9 Å². The van der Waals surface area contributed by atoms with Crippen molar-refractivity contribution in [2.45, 2.75) is 50.4 Å². The summed E-state index contributed by atoms with van der Waals surface area (Å²) in [7, 11) is 0. The van der Waals surface area contributed by atoms with Crippen LogP contribution >= 0.6 is 0 Å². The van der Waals surface area contributed by atoms with Gasteiger partial charge in [0.1, 0.15) is 6.04 Å². The summed E-state index contributed by atoms with van der Waals surface area (Å²) in [5.41, 5.74) is 5.11. The molecular weight excluding hydrogens is 258 g/mol. The van der Waals surface area contributed by atoms with Gasteiger partial charge in [-0.1, -0.05) is 6.08 Å². The molecule has 2 saturated heterocycles. The molecule has 6 heteroatoms. The van der Waals surface area contributed by atoms with Crippen LogP contribution in [0.3, 0.4) is 0 Å². The maximum atomic E-state index is 11.8. The molecule has 2 amide bonds. The highest BCUT2D eigenvalue weighted by Gasteiger charge is 2.60. The number of aliphatic hydroxyl groups is 1. The Labute approximate surface area is 119 Å². The zero-order chi connectivity index (χ0) is 15.1. The highest BCUT2D eigenvalue weighted by atomic mass is 16.3. The van der Waals surface area contributed by atoms with Crippen molar-refractivity contribution in [3.63, 3.8) is 0 Å². The van der Waals surface area contributed by atoms with Crippen LogP contribution in [-0.4, -0.2) is 63.5 Å². The fourth-order valence-electron chi connectivity index (χ4n) is 3.85. The smallest absolute Gasteiger partial charge is 0.237 e. The number of hydrogen-bond acceptors (Lipinski definition) is 4. The molecule has 2 unspecified atom stereocenters. The van der Waals surface area contributed by atoms with Crippen LogP contribution in [0.2, 0.25) is 0 Å². The van der Waals surface area contributed by atoms with Gasteiger partial charge in [0, 0.05) is 20.0 Å². The maximum Gasteiger partial charge on any atom is 0.237 e. The molecule has 0 aromatic carbocycles. The second-order valence-electron chi connectivity index (χ2n) is 5.82. The number of likely N-dealkylation sites (tertiary alicyclic amines) is 2. The Morgan fingerprint density at radius 3 is 2.65 bits per heavy atom. The molecule has 0 radical (unpaired) electrons. The zero-order valence-electron chi connectivity index (χ0n) is 12.1. The van der Waals surface area contributed by atoms with E-state index in [-0.39, 0.29) is 17.5 Å². The molecule has 2 aliphatic heterocycles. The van der Waals surface area contributed by atoms with E-state index in [9.17, 15) is 14.7 Å². The highest BCUT2D eigenvalue weighted by molar-refractivity contribution is 5.81. The minimum atomic E-state index is -0.848. The van der Waals surface area contributed by atoms with Crippen LogP contribution in [0.4, 0.5) is 0 Å². The molecule has 0 aliphatic carbocycles. The molecule has 0 bridgehead atoms. The molecule has 6 nitrogen and oxygen atoms in total. The van der Waals surface area contributed by atoms with E-state index in [4.69, 9.17) is 5.73 Å². The average molecular weight is 281 g/mol. The molecule has 2 fully saturated rings. The number of hydrogen-bond donors (Lipinski definition) is 2. The van der Waals surface area contributed by atoms with Crippen molar-refractivity contribution in [1.29, 1.82) is 0 Å². The normalized spacial score (nSPS) is 32.8. The molecule has 2 aliphatic rings. The van der Waals surface area contributed by atoms with Crippen molar-refractivity contribution >= 4 is 11.8 Å². The second-order valence-corrected chi connectivity index (χ2v) is 5.82. The summed E-state index contributed by atoms with van der Waals surface area (Å²) in [6, 6.07) is -0.876. The number of carbonyl (C=O) groups is 2. The van der Waals surface area contributed by atoms with Crippen LogP contribution in [0, 0.1) is 0 Å². The topological polar surface area (TPSA) is 86.9 Å². The van der Waals surface area contributed by atoms with E-state index >= 15 is 0 Å². The molecule has 0 saturated carbocycles. The standard InChI is InChI=1S/C14H23N3O3/c1-4-11-14(6-5-7-17(14)10(3)19)8-16(11)12(9(2)18)13(15)20/h4,9,11-12,18H,1,5-8H2,2-3H3,(H2,15,20)/t9-,11?,12+,14?/m1/s1. The van der Waals surface area contributed by atoms with Crippen molar-refractivity contribution in [2.75, 3.05) is 13.1 Å². The predicted octanol–water partition coefficient (Wildman–Crippen LogP) is -0.528. The van der Waals surface area contributed by atoms with Crippen LogP contribution in [0.1, 0.15) is 26.7 Å². The van der Waals surface area contributed by atoms with E-state index in [1.165, 1.54) is 0 Å². The van der Waals surface area contributed by atoms with Gasteiger partial charge in [-0.3, -0.25) is 14.5 Å². The Balaban J connectivity index is 2.25. The lowest BCUT2D eigenvalue weighted by atomic mass is 9.75. The van der Waals surface area contributed by atoms with Gasteiger partial charge in [0.15, 0.2) is 0 Å². The van der Waals surface area contributed by atoms with Gasteiger partial charge in [-0.25, -0.2) is 0 Å². The Morgan fingerprint density at radius 2 is 2.20 bits per heavy atom. The van der Waals surface area contributed by atoms with Crippen LogP contribution in [0.15, 0.2) is 12.7 Å². The molecule has 2 rings (SSSR count). The molecule has 112 valence electrons. The number of rotatable bonds is 4. The van der Waals surface area contributed by atoms with Crippen molar-refractivity contribution in [3.8, 4) is 0 Å². The zero-order valence-corrected chi connectivity index (χ0v) is 12.1. The summed E-state index contributed by atoms with van der Waals surface area (Å²) in [6.45, 7) is 8.25. The maximum absolute atomic E-state index is 11.8. The van der Waals surface area contributed by atoms with Gasteiger partial charge in [-0.2, -0.15) is 0 Å². The van der Waals surface area contributed by atoms with Crippen molar-refractivity contribution in [3.05, 3.63) is 12.7 Å². The van der Waals surface area contributed by atoms with Crippen molar-refractivity contribution in [1.82, 2.24) is 9.80 Å². The SMILES string of the molecule is C=CC1N([C@H](C(N)=O)[C@@H](C)O)CC12CCCN2C(C)=O. The summed E-state index contributed by atoms with van der Waals surface area (Å²) in [5.74, 6) is -0.504. The lowest BCUT2D eigenvalue weighted by Gasteiger charge is -2.60. The average Bonchev–Trinajstić information content (AvgIpc) is 2.74. The first kappa shape index (κ1) is 15.0. The van der Waals surface area contributed by atoms with Crippen molar-refractivity contribution < 1.29 is 14.7 Å². The first-order valence-corrected chi connectivity index (χ1v) is 6.99. The highest BCUT2D eigenvalue weighted by Crippen LogP contribution is 2.44.